The van der Waals surface area contributed by atoms with Crippen LogP contribution in [0.25, 0.3) is 0 Å². The van der Waals surface area contributed by atoms with Crippen molar-refractivity contribution in [3.8, 4) is 0 Å². The molecule has 2 aromatic carbocycles. The number of thioether (sulfide) groups is 1. The van der Waals surface area contributed by atoms with Crippen LogP contribution in [0.5, 0.6) is 0 Å². The summed E-state index contributed by atoms with van der Waals surface area (Å²) in [7, 11) is 0. The first-order valence-corrected chi connectivity index (χ1v) is 11.5. The minimum Gasteiger partial charge on any atom is -0.464 e. The van der Waals surface area contributed by atoms with E-state index in [1.165, 1.54) is 5.56 Å². The average molecular weight is 426 g/mol. The van der Waals surface area contributed by atoms with Crippen LogP contribution in [0.4, 0.5) is 0 Å². The van der Waals surface area contributed by atoms with Crippen LogP contribution < -0.4 is 0 Å². The van der Waals surface area contributed by atoms with Crippen molar-refractivity contribution in [3.63, 3.8) is 0 Å². The highest BCUT2D eigenvalue weighted by Crippen LogP contribution is 2.42. The predicted molar refractivity (Wildman–Crippen MR) is 123 cm³/mol. The molecule has 160 valence electrons. The summed E-state index contributed by atoms with van der Waals surface area (Å²) in [6.45, 7) is 10.8. The Kier molecular flexibility index (Phi) is 6.91. The van der Waals surface area contributed by atoms with Gasteiger partial charge in [0.05, 0.1) is 6.61 Å². The van der Waals surface area contributed by atoms with Gasteiger partial charge in [-0.25, -0.2) is 4.79 Å². The summed E-state index contributed by atoms with van der Waals surface area (Å²) in [6.07, 6.45) is 0. The Morgan fingerprint density at radius 3 is 2.27 bits per heavy atom. The molecule has 5 heteroatoms. The van der Waals surface area contributed by atoms with Gasteiger partial charge < -0.3 is 9.64 Å². The SMILES string of the molecule is CC(C)COC(=O)C1CSC(c2ccccc2)N1C(=O)c1ccc(C(C)(C)C)cc1. The zero-order valence-corrected chi connectivity index (χ0v) is 19.2. The Labute approximate surface area is 184 Å². The van der Waals surface area contributed by atoms with Crippen LogP contribution in [0.2, 0.25) is 0 Å². The van der Waals surface area contributed by atoms with Crippen molar-refractivity contribution in [3.05, 3.63) is 71.3 Å². The average Bonchev–Trinajstić information content (AvgIpc) is 3.16. The summed E-state index contributed by atoms with van der Waals surface area (Å²) in [4.78, 5) is 28.1. The first-order valence-electron chi connectivity index (χ1n) is 10.4. The molecule has 1 aliphatic rings. The molecular formula is C25H31NO3S. The number of esters is 1. The molecule has 3 rings (SSSR count). The lowest BCUT2D eigenvalue weighted by molar-refractivity contribution is -0.149. The zero-order chi connectivity index (χ0) is 21.9. The van der Waals surface area contributed by atoms with Gasteiger partial charge in [0.1, 0.15) is 11.4 Å². The first-order chi connectivity index (χ1) is 14.2. The van der Waals surface area contributed by atoms with E-state index in [2.05, 4.69) is 20.8 Å². The van der Waals surface area contributed by atoms with E-state index < -0.39 is 6.04 Å². The van der Waals surface area contributed by atoms with Gasteiger partial charge in [0, 0.05) is 11.3 Å². The Balaban J connectivity index is 1.91. The maximum atomic E-state index is 13.5. The maximum Gasteiger partial charge on any atom is 0.329 e. The van der Waals surface area contributed by atoms with Crippen LogP contribution in [0.1, 0.15) is 61.5 Å². The van der Waals surface area contributed by atoms with Crippen molar-refractivity contribution in [2.45, 2.75) is 51.4 Å². The van der Waals surface area contributed by atoms with Gasteiger partial charge in [-0.2, -0.15) is 0 Å². The molecule has 1 heterocycles. The molecule has 1 saturated heterocycles. The molecule has 0 radical (unpaired) electrons. The molecular weight excluding hydrogens is 394 g/mol. The minimum absolute atomic E-state index is 0.0147. The largest absolute Gasteiger partial charge is 0.464 e. The molecule has 1 aliphatic heterocycles. The smallest absolute Gasteiger partial charge is 0.329 e. The van der Waals surface area contributed by atoms with E-state index in [1.807, 2.05) is 68.4 Å². The lowest BCUT2D eigenvalue weighted by atomic mass is 9.86. The number of carbonyl (C=O) groups excluding carboxylic acids is 2. The fourth-order valence-corrected chi connectivity index (χ4v) is 4.83. The fraction of sp³-hybridized carbons (Fsp3) is 0.440. The maximum absolute atomic E-state index is 13.5. The number of hydrogen-bond acceptors (Lipinski definition) is 4. The van der Waals surface area contributed by atoms with Crippen molar-refractivity contribution in [2.75, 3.05) is 12.4 Å². The third-order valence-corrected chi connectivity index (χ3v) is 6.47. The standard InChI is InChI=1S/C25H31NO3S/c1-17(2)15-29-24(28)21-16-30-23(19-9-7-6-8-10-19)26(21)22(27)18-11-13-20(14-12-18)25(3,4)5/h6-14,17,21,23H,15-16H2,1-5H3. The molecule has 2 atom stereocenters. The summed E-state index contributed by atoms with van der Waals surface area (Å²) in [5.41, 5.74) is 2.79. The third-order valence-electron chi connectivity index (χ3n) is 5.15. The summed E-state index contributed by atoms with van der Waals surface area (Å²) < 4.78 is 5.51. The molecule has 0 spiro atoms. The summed E-state index contributed by atoms with van der Waals surface area (Å²) in [6, 6.07) is 17.0. The normalized spacial score (nSPS) is 19.2. The fourth-order valence-electron chi connectivity index (χ4n) is 3.42. The molecule has 1 fully saturated rings. The van der Waals surface area contributed by atoms with E-state index in [9.17, 15) is 9.59 Å². The molecule has 0 aliphatic carbocycles. The van der Waals surface area contributed by atoms with Gasteiger partial charge in [0.2, 0.25) is 0 Å². The minimum atomic E-state index is -0.589. The highest BCUT2D eigenvalue weighted by Gasteiger charge is 2.43. The lowest BCUT2D eigenvalue weighted by Crippen LogP contribution is -2.44. The number of ether oxygens (including phenoxy) is 1. The summed E-state index contributed by atoms with van der Waals surface area (Å²) in [5.74, 6) is 0.319. The van der Waals surface area contributed by atoms with Crippen LogP contribution in [-0.4, -0.2) is 35.2 Å². The number of nitrogens with zero attached hydrogens (tertiary/aromatic N) is 1. The van der Waals surface area contributed by atoms with Crippen molar-refractivity contribution in [1.82, 2.24) is 4.90 Å². The Morgan fingerprint density at radius 1 is 1.07 bits per heavy atom. The van der Waals surface area contributed by atoms with Crippen molar-refractivity contribution >= 4 is 23.6 Å². The van der Waals surface area contributed by atoms with Crippen LogP contribution in [0.3, 0.4) is 0 Å². The second-order valence-electron chi connectivity index (χ2n) is 9.18. The molecule has 30 heavy (non-hydrogen) atoms. The van der Waals surface area contributed by atoms with Gasteiger partial charge in [0.25, 0.3) is 5.91 Å². The van der Waals surface area contributed by atoms with Gasteiger partial charge >= 0.3 is 5.97 Å². The van der Waals surface area contributed by atoms with Gasteiger partial charge in [-0.1, -0.05) is 77.1 Å². The monoisotopic (exact) mass is 425 g/mol. The van der Waals surface area contributed by atoms with Crippen LogP contribution in [-0.2, 0) is 14.9 Å². The lowest BCUT2D eigenvalue weighted by Gasteiger charge is -2.29. The van der Waals surface area contributed by atoms with E-state index in [4.69, 9.17) is 4.74 Å². The van der Waals surface area contributed by atoms with E-state index in [1.54, 1.807) is 16.7 Å². The van der Waals surface area contributed by atoms with Crippen LogP contribution in [0, 0.1) is 5.92 Å². The molecule has 0 N–H and O–H groups in total. The van der Waals surface area contributed by atoms with Crippen molar-refractivity contribution in [1.29, 1.82) is 0 Å². The number of benzene rings is 2. The Morgan fingerprint density at radius 2 is 1.70 bits per heavy atom. The van der Waals surface area contributed by atoms with Crippen LogP contribution in [0.15, 0.2) is 54.6 Å². The van der Waals surface area contributed by atoms with E-state index >= 15 is 0 Å². The molecule has 2 unspecified atom stereocenters. The Hall–Kier alpha value is -2.27. The van der Waals surface area contributed by atoms with Gasteiger partial charge in [-0.3, -0.25) is 4.79 Å². The quantitative estimate of drug-likeness (QED) is 0.599. The van der Waals surface area contributed by atoms with E-state index in [0.717, 1.165) is 5.56 Å². The van der Waals surface area contributed by atoms with Gasteiger partial charge in [0.15, 0.2) is 0 Å². The van der Waals surface area contributed by atoms with E-state index in [0.29, 0.717) is 17.9 Å². The van der Waals surface area contributed by atoms with Crippen molar-refractivity contribution in [2.24, 2.45) is 5.92 Å². The molecule has 1 amide bonds. The molecule has 0 bridgehead atoms. The highest BCUT2D eigenvalue weighted by atomic mass is 32.2. The Bertz CT molecular complexity index is 872. The highest BCUT2D eigenvalue weighted by molar-refractivity contribution is 7.99. The van der Waals surface area contributed by atoms with Gasteiger partial charge in [-0.05, 0) is 34.6 Å². The summed E-state index contributed by atoms with van der Waals surface area (Å²) in [5, 5.41) is -0.211. The number of rotatable bonds is 5. The molecule has 0 aromatic heterocycles. The molecule has 2 aromatic rings. The number of carbonyl (C=O) groups is 2. The molecule has 0 saturated carbocycles. The second kappa shape index (κ2) is 9.25. The van der Waals surface area contributed by atoms with Crippen LogP contribution >= 0.6 is 11.8 Å². The molecule has 4 nitrogen and oxygen atoms in total. The number of amides is 1. The van der Waals surface area contributed by atoms with E-state index in [-0.39, 0.29) is 28.6 Å². The zero-order valence-electron chi connectivity index (χ0n) is 18.4. The second-order valence-corrected chi connectivity index (χ2v) is 10.3. The topological polar surface area (TPSA) is 46.6 Å². The van der Waals surface area contributed by atoms with Crippen molar-refractivity contribution < 1.29 is 14.3 Å². The predicted octanol–water partition coefficient (Wildman–Crippen LogP) is 5.44. The van der Waals surface area contributed by atoms with Gasteiger partial charge in [-0.15, -0.1) is 11.8 Å². The number of hydrogen-bond donors (Lipinski definition) is 0. The third kappa shape index (κ3) is 5.07. The first kappa shape index (κ1) is 22.4. The summed E-state index contributed by atoms with van der Waals surface area (Å²) >= 11 is 1.61.